The van der Waals surface area contributed by atoms with E-state index in [1.807, 2.05) is 23.7 Å². The molecular weight excluding hydrogens is 296 g/mol. The Kier molecular flexibility index (Phi) is 2.64. The van der Waals surface area contributed by atoms with Gasteiger partial charge in [-0.1, -0.05) is 0 Å². The van der Waals surface area contributed by atoms with Crippen molar-refractivity contribution in [2.45, 2.75) is 6.54 Å². The van der Waals surface area contributed by atoms with Crippen LogP contribution in [0.1, 0.15) is 5.69 Å². The Hall–Kier alpha value is -1.73. The lowest BCUT2D eigenvalue weighted by Crippen LogP contribution is -1.99. The van der Waals surface area contributed by atoms with Crippen molar-refractivity contribution in [3.63, 3.8) is 0 Å². The minimum Gasteiger partial charge on any atom is -0.325 e. The van der Waals surface area contributed by atoms with Gasteiger partial charge in [0.2, 0.25) is 5.78 Å². The van der Waals surface area contributed by atoms with Crippen molar-refractivity contribution in [2.75, 3.05) is 0 Å². The van der Waals surface area contributed by atoms with Gasteiger partial charge in [-0.2, -0.15) is 4.52 Å². The molecule has 3 rings (SSSR count). The summed E-state index contributed by atoms with van der Waals surface area (Å²) in [7, 11) is 1.92. The molecule has 7 heteroatoms. The summed E-state index contributed by atoms with van der Waals surface area (Å²) in [6.45, 7) is 0.381. The monoisotopic (exact) mass is 306 g/mol. The number of rotatable bonds is 2. The van der Waals surface area contributed by atoms with Gasteiger partial charge in [-0.3, -0.25) is 9.55 Å². The fraction of sp³-hybridized carbons (Fsp3) is 0.182. The molecule has 0 aliphatic rings. The Morgan fingerprint density at radius 3 is 2.89 bits per heavy atom. The number of nitrogens with zero attached hydrogens (tertiary/aromatic N) is 5. The van der Waals surface area contributed by atoms with Gasteiger partial charge >= 0.3 is 0 Å². The van der Waals surface area contributed by atoms with Crippen molar-refractivity contribution < 1.29 is 0 Å². The second-order valence-electron chi connectivity index (χ2n) is 3.89. The molecule has 0 unspecified atom stereocenters. The number of aromatic nitrogens is 5. The number of nitrogens with two attached hydrogens (primary N) is 1. The normalized spacial score (nSPS) is 11.3. The number of halogens is 1. The van der Waals surface area contributed by atoms with E-state index < -0.39 is 0 Å². The van der Waals surface area contributed by atoms with E-state index in [0.717, 1.165) is 27.5 Å². The van der Waals surface area contributed by atoms with Crippen LogP contribution in [0.4, 0.5) is 0 Å². The van der Waals surface area contributed by atoms with Crippen molar-refractivity contribution in [3.8, 4) is 11.4 Å². The lowest BCUT2D eigenvalue weighted by Gasteiger charge is -1.99. The predicted octanol–water partition coefficient (Wildman–Crippen LogP) is 1.35. The highest BCUT2D eigenvalue weighted by atomic mass is 79.9. The summed E-state index contributed by atoms with van der Waals surface area (Å²) >= 11 is 3.46. The van der Waals surface area contributed by atoms with Gasteiger partial charge in [0.1, 0.15) is 4.60 Å². The van der Waals surface area contributed by atoms with Crippen LogP contribution in [-0.2, 0) is 13.6 Å². The van der Waals surface area contributed by atoms with Gasteiger partial charge in [-0.15, -0.1) is 5.10 Å². The van der Waals surface area contributed by atoms with Gasteiger partial charge in [-0.05, 0) is 28.1 Å². The zero-order valence-corrected chi connectivity index (χ0v) is 11.3. The molecule has 18 heavy (non-hydrogen) atoms. The van der Waals surface area contributed by atoms with E-state index in [1.165, 1.54) is 0 Å². The molecule has 0 radical (unpaired) electrons. The van der Waals surface area contributed by atoms with E-state index in [2.05, 4.69) is 31.0 Å². The molecule has 3 aromatic rings. The van der Waals surface area contributed by atoms with Crippen LogP contribution in [0.25, 0.3) is 17.2 Å². The average molecular weight is 307 g/mol. The molecule has 0 fully saturated rings. The molecule has 92 valence electrons. The van der Waals surface area contributed by atoms with Crippen LogP contribution in [0.3, 0.4) is 0 Å². The topological polar surface area (TPSA) is 74.0 Å². The zero-order valence-electron chi connectivity index (χ0n) is 9.71. The van der Waals surface area contributed by atoms with Gasteiger partial charge in [-0.25, -0.2) is 4.98 Å². The average Bonchev–Trinajstić information content (AvgIpc) is 2.89. The summed E-state index contributed by atoms with van der Waals surface area (Å²) in [6, 6.07) is 3.85. The Labute approximate surface area is 112 Å². The minimum atomic E-state index is 0.381. The molecule has 0 saturated heterocycles. The second kappa shape index (κ2) is 4.18. The maximum Gasteiger partial charge on any atom is 0.233 e. The smallest absolute Gasteiger partial charge is 0.233 e. The molecule has 0 saturated carbocycles. The number of hydrogen-bond acceptors (Lipinski definition) is 4. The van der Waals surface area contributed by atoms with Crippen LogP contribution in [0.5, 0.6) is 0 Å². The summed E-state index contributed by atoms with van der Waals surface area (Å²) in [6.07, 6.45) is 3.51. The maximum absolute atomic E-state index is 5.62. The summed E-state index contributed by atoms with van der Waals surface area (Å²) in [4.78, 5) is 8.55. The van der Waals surface area contributed by atoms with E-state index in [4.69, 9.17) is 5.73 Å². The highest BCUT2D eigenvalue weighted by Crippen LogP contribution is 2.23. The van der Waals surface area contributed by atoms with Crippen molar-refractivity contribution in [3.05, 3.63) is 34.8 Å². The van der Waals surface area contributed by atoms with Crippen LogP contribution in [0.2, 0.25) is 0 Å². The highest BCUT2D eigenvalue weighted by Gasteiger charge is 2.16. The number of fused-ring (bicyclic) bond motifs is 1. The molecule has 0 spiro atoms. The van der Waals surface area contributed by atoms with Crippen LogP contribution in [0.15, 0.2) is 29.1 Å². The van der Waals surface area contributed by atoms with E-state index in [0.29, 0.717) is 6.54 Å². The zero-order chi connectivity index (χ0) is 12.7. The SMILES string of the molecule is Cn1c(-c2cccnc2)nn2c(Br)c(CN)nc12. The standard InChI is InChI=1S/C11H11BrN6/c1-17-10(7-3-2-4-14-6-7)16-18-9(12)8(5-13)15-11(17)18/h2-4,6H,5,13H2,1H3. The summed E-state index contributed by atoms with van der Waals surface area (Å²) in [5.74, 6) is 1.57. The molecule has 0 aromatic carbocycles. The van der Waals surface area contributed by atoms with E-state index in [9.17, 15) is 0 Å². The van der Waals surface area contributed by atoms with Crippen molar-refractivity contribution in [1.29, 1.82) is 0 Å². The van der Waals surface area contributed by atoms with Gasteiger partial charge in [0.05, 0.1) is 5.69 Å². The Morgan fingerprint density at radius 2 is 2.28 bits per heavy atom. The Balaban J connectivity index is 2.25. The van der Waals surface area contributed by atoms with E-state index >= 15 is 0 Å². The molecule has 0 atom stereocenters. The van der Waals surface area contributed by atoms with Crippen molar-refractivity contribution in [1.82, 2.24) is 24.1 Å². The minimum absolute atomic E-state index is 0.381. The van der Waals surface area contributed by atoms with Crippen molar-refractivity contribution in [2.24, 2.45) is 12.8 Å². The van der Waals surface area contributed by atoms with Crippen LogP contribution in [-0.4, -0.2) is 24.1 Å². The first kappa shape index (κ1) is 11.4. The molecule has 0 aliphatic carbocycles. The largest absolute Gasteiger partial charge is 0.325 e. The van der Waals surface area contributed by atoms with Crippen LogP contribution < -0.4 is 5.73 Å². The predicted molar refractivity (Wildman–Crippen MR) is 70.8 cm³/mol. The maximum atomic E-state index is 5.62. The molecular formula is C11H11BrN6. The fourth-order valence-electron chi connectivity index (χ4n) is 1.86. The Bertz CT molecular complexity index is 699. The molecule has 3 heterocycles. The molecule has 6 nitrogen and oxygen atoms in total. The molecule has 0 aliphatic heterocycles. The number of hydrogen-bond donors (Lipinski definition) is 1. The molecule has 3 aromatic heterocycles. The Morgan fingerprint density at radius 1 is 1.44 bits per heavy atom. The third-order valence-electron chi connectivity index (χ3n) is 2.77. The van der Waals surface area contributed by atoms with Gasteiger partial charge in [0.15, 0.2) is 5.82 Å². The molecule has 2 N–H and O–H groups in total. The first-order chi connectivity index (χ1) is 8.72. The molecule has 0 bridgehead atoms. The lowest BCUT2D eigenvalue weighted by atomic mass is 10.3. The van der Waals surface area contributed by atoms with E-state index in [-0.39, 0.29) is 0 Å². The second-order valence-corrected chi connectivity index (χ2v) is 4.64. The van der Waals surface area contributed by atoms with Gasteiger partial charge < -0.3 is 5.73 Å². The van der Waals surface area contributed by atoms with Crippen LogP contribution >= 0.6 is 15.9 Å². The lowest BCUT2D eigenvalue weighted by molar-refractivity contribution is 0.914. The third-order valence-corrected chi connectivity index (χ3v) is 3.57. The van der Waals surface area contributed by atoms with E-state index in [1.54, 1.807) is 16.9 Å². The molecule has 0 amide bonds. The fourth-order valence-corrected chi connectivity index (χ4v) is 2.35. The summed E-state index contributed by atoms with van der Waals surface area (Å²) in [5, 5.41) is 4.53. The highest BCUT2D eigenvalue weighted by molar-refractivity contribution is 9.10. The summed E-state index contributed by atoms with van der Waals surface area (Å²) < 4.78 is 4.46. The number of pyridine rings is 1. The van der Waals surface area contributed by atoms with Gasteiger partial charge in [0.25, 0.3) is 0 Å². The first-order valence-electron chi connectivity index (χ1n) is 5.42. The van der Waals surface area contributed by atoms with Crippen molar-refractivity contribution >= 4 is 21.7 Å². The third kappa shape index (κ3) is 1.55. The van der Waals surface area contributed by atoms with Gasteiger partial charge in [0, 0.05) is 31.5 Å². The first-order valence-corrected chi connectivity index (χ1v) is 6.22. The quantitative estimate of drug-likeness (QED) is 0.775. The summed E-state index contributed by atoms with van der Waals surface area (Å²) in [5.41, 5.74) is 7.37. The van der Waals surface area contributed by atoms with Crippen LogP contribution in [0, 0.1) is 0 Å². The number of aryl methyl sites for hydroxylation is 1. The number of imidazole rings is 1.